The molecule has 0 aliphatic heterocycles. The zero-order chi connectivity index (χ0) is 10.8. The summed E-state index contributed by atoms with van der Waals surface area (Å²) in [5.74, 6) is 1.92. The Morgan fingerprint density at radius 2 is 1.86 bits per heavy atom. The van der Waals surface area contributed by atoms with Crippen molar-refractivity contribution in [3.8, 4) is 0 Å². The Hall–Kier alpha value is 0.270. The number of hydrogen-bond acceptors (Lipinski definition) is 3. The number of hydrogen-bond donors (Lipinski definition) is 1. The smallest absolute Gasteiger partial charge is 0.0481 e. The summed E-state index contributed by atoms with van der Waals surface area (Å²) in [4.78, 5) is 0. The number of thioether (sulfide) groups is 1. The van der Waals surface area contributed by atoms with Gasteiger partial charge in [0.15, 0.2) is 0 Å². The first-order valence-corrected chi connectivity index (χ1v) is 6.84. The number of nitrogens with one attached hydrogen (secondary N) is 1. The fourth-order valence-corrected chi connectivity index (χ4v) is 1.89. The third-order valence-corrected chi connectivity index (χ3v) is 2.96. The molecule has 0 spiro atoms. The lowest BCUT2D eigenvalue weighted by molar-refractivity contribution is 0.116. The molecular formula is C11H25NOS. The number of rotatable bonds is 9. The first-order chi connectivity index (χ1) is 6.70. The summed E-state index contributed by atoms with van der Waals surface area (Å²) in [7, 11) is 2.02. The molecule has 0 aliphatic carbocycles. The van der Waals surface area contributed by atoms with Gasteiger partial charge in [0, 0.05) is 25.0 Å². The van der Waals surface area contributed by atoms with Crippen molar-refractivity contribution in [3.05, 3.63) is 0 Å². The van der Waals surface area contributed by atoms with E-state index in [0.29, 0.717) is 6.04 Å². The number of ether oxygens (including phenoxy) is 1. The lowest BCUT2D eigenvalue weighted by Crippen LogP contribution is -2.29. The second kappa shape index (κ2) is 9.81. The minimum absolute atomic E-state index is 0.601. The molecule has 0 aromatic rings. The van der Waals surface area contributed by atoms with Gasteiger partial charge in [-0.2, -0.15) is 11.8 Å². The van der Waals surface area contributed by atoms with Crippen LogP contribution in [0.3, 0.4) is 0 Å². The van der Waals surface area contributed by atoms with Crippen LogP contribution in [0.5, 0.6) is 0 Å². The van der Waals surface area contributed by atoms with Crippen LogP contribution >= 0.6 is 11.8 Å². The SMILES string of the molecule is CNC(CCOCCC(C)C)CSC. The second-order valence-corrected chi connectivity index (χ2v) is 4.94. The molecule has 86 valence electrons. The van der Waals surface area contributed by atoms with E-state index in [9.17, 15) is 0 Å². The third-order valence-electron chi connectivity index (χ3n) is 2.23. The van der Waals surface area contributed by atoms with Gasteiger partial charge >= 0.3 is 0 Å². The van der Waals surface area contributed by atoms with E-state index < -0.39 is 0 Å². The molecule has 0 heterocycles. The van der Waals surface area contributed by atoms with E-state index in [-0.39, 0.29) is 0 Å². The van der Waals surface area contributed by atoms with Gasteiger partial charge in [-0.1, -0.05) is 13.8 Å². The zero-order valence-electron chi connectivity index (χ0n) is 10.0. The van der Waals surface area contributed by atoms with Crippen LogP contribution in [0.1, 0.15) is 26.7 Å². The lowest BCUT2D eigenvalue weighted by Gasteiger charge is -2.14. The predicted molar refractivity (Wildman–Crippen MR) is 66.1 cm³/mol. The van der Waals surface area contributed by atoms with Crippen molar-refractivity contribution in [1.29, 1.82) is 0 Å². The Kier molecular flexibility index (Phi) is 10.0. The van der Waals surface area contributed by atoms with Gasteiger partial charge in [-0.15, -0.1) is 0 Å². The minimum Gasteiger partial charge on any atom is -0.381 e. The Bertz CT molecular complexity index is 120. The minimum atomic E-state index is 0.601. The van der Waals surface area contributed by atoms with Crippen LogP contribution < -0.4 is 5.32 Å². The molecular weight excluding hydrogens is 194 g/mol. The van der Waals surface area contributed by atoms with Crippen molar-refractivity contribution >= 4 is 11.8 Å². The molecule has 0 aromatic carbocycles. The van der Waals surface area contributed by atoms with Crippen molar-refractivity contribution in [2.75, 3.05) is 32.3 Å². The highest BCUT2D eigenvalue weighted by Gasteiger charge is 2.04. The fraction of sp³-hybridized carbons (Fsp3) is 1.00. The molecule has 0 saturated carbocycles. The largest absolute Gasteiger partial charge is 0.381 e. The van der Waals surface area contributed by atoms with E-state index >= 15 is 0 Å². The molecule has 0 radical (unpaired) electrons. The third kappa shape index (κ3) is 8.85. The maximum absolute atomic E-state index is 5.57. The summed E-state index contributed by atoms with van der Waals surface area (Å²) in [6, 6.07) is 0.601. The average Bonchev–Trinajstić information content (AvgIpc) is 2.15. The summed E-state index contributed by atoms with van der Waals surface area (Å²) in [6.45, 7) is 6.26. The Labute approximate surface area is 93.2 Å². The molecule has 0 saturated heterocycles. The molecule has 1 unspecified atom stereocenters. The van der Waals surface area contributed by atoms with Gasteiger partial charge in [0.25, 0.3) is 0 Å². The summed E-state index contributed by atoms with van der Waals surface area (Å²) in [5, 5.41) is 3.30. The summed E-state index contributed by atoms with van der Waals surface area (Å²) < 4.78 is 5.57. The van der Waals surface area contributed by atoms with Crippen LogP contribution in [0.15, 0.2) is 0 Å². The Morgan fingerprint density at radius 1 is 1.21 bits per heavy atom. The predicted octanol–water partition coefficient (Wildman–Crippen LogP) is 2.39. The van der Waals surface area contributed by atoms with Crippen LogP contribution in [-0.2, 0) is 4.74 Å². The molecule has 0 aromatic heterocycles. The van der Waals surface area contributed by atoms with E-state index in [2.05, 4.69) is 25.4 Å². The molecule has 2 nitrogen and oxygen atoms in total. The highest BCUT2D eigenvalue weighted by atomic mass is 32.2. The maximum atomic E-state index is 5.57. The van der Waals surface area contributed by atoms with Gasteiger partial charge in [0.2, 0.25) is 0 Å². The Balaban J connectivity index is 3.24. The van der Waals surface area contributed by atoms with E-state index in [1.807, 2.05) is 18.8 Å². The van der Waals surface area contributed by atoms with Crippen molar-refractivity contribution in [2.45, 2.75) is 32.7 Å². The highest BCUT2D eigenvalue weighted by molar-refractivity contribution is 7.98. The second-order valence-electron chi connectivity index (χ2n) is 4.02. The molecule has 0 rings (SSSR count). The molecule has 14 heavy (non-hydrogen) atoms. The van der Waals surface area contributed by atoms with E-state index in [1.165, 1.54) is 12.2 Å². The molecule has 0 bridgehead atoms. The molecule has 1 atom stereocenters. The van der Waals surface area contributed by atoms with Crippen molar-refractivity contribution in [1.82, 2.24) is 5.32 Å². The first-order valence-electron chi connectivity index (χ1n) is 5.44. The van der Waals surface area contributed by atoms with E-state index in [0.717, 1.165) is 25.6 Å². The summed E-state index contributed by atoms with van der Waals surface area (Å²) in [6.07, 6.45) is 4.44. The first kappa shape index (κ1) is 14.3. The van der Waals surface area contributed by atoms with Gasteiger partial charge in [-0.05, 0) is 32.1 Å². The average molecular weight is 219 g/mol. The molecule has 0 amide bonds. The highest BCUT2D eigenvalue weighted by Crippen LogP contribution is 2.03. The van der Waals surface area contributed by atoms with Crippen LogP contribution in [0.25, 0.3) is 0 Å². The van der Waals surface area contributed by atoms with E-state index in [4.69, 9.17) is 4.74 Å². The van der Waals surface area contributed by atoms with Crippen molar-refractivity contribution in [3.63, 3.8) is 0 Å². The van der Waals surface area contributed by atoms with Crippen LogP contribution in [0.2, 0.25) is 0 Å². The monoisotopic (exact) mass is 219 g/mol. The molecule has 3 heteroatoms. The van der Waals surface area contributed by atoms with Gasteiger partial charge < -0.3 is 10.1 Å². The van der Waals surface area contributed by atoms with Gasteiger partial charge in [0.05, 0.1) is 0 Å². The van der Waals surface area contributed by atoms with Crippen LogP contribution in [0, 0.1) is 5.92 Å². The quantitative estimate of drug-likeness (QED) is 0.602. The standard InChI is InChI=1S/C11H25NOS/c1-10(2)5-7-13-8-6-11(12-3)9-14-4/h10-12H,5-9H2,1-4H3. The van der Waals surface area contributed by atoms with Gasteiger partial charge in [-0.25, -0.2) is 0 Å². The Morgan fingerprint density at radius 3 is 2.36 bits per heavy atom. The summed E-state index contributed by atoms with van der Waals surface area (Å²) >= 11 is 1.88. The fourth-order valence-electron chi connectivity index (χ4n) is 1.16. The van der Waals surface area contributed by atoms with Crippen LogP contribution in [-0.4, -0.2) is 38.3 Å². The van der Waals surface area contributed by atoms with Crippen LogP contribution in [0.4, 0.5) is 0 Å². The van der Waals surface area contributed by atoms with E-state index in [1.54, 1.807) is 0 Å². The zero-order valence-corrected chi connectivity index (χ0v) is 10.8. The maximum Gasteiger partial charge on any atom is 0.0481 e. The molecule has 0 fully saturated rings. The van der Waals surface area contributed by atoms with Crippen molar-refractivity contribution in [2.24, 2.45) is 5.92 Å². The molecule has 0 aliphatic rings. The summed E-state index contributed by atoms with van der Waals surface area (Å²) in [5.41, 5.74) is 0. The normalized spacial score (nSPS) is 13.5. The van der Waals surface area contributed by atoms with Gasteiger partial charge in [0.1, 0.15) is 0 Å². The lowest BCUT2D eigenvalue weighted by atomic mass is 10.1. The molecule has 1 N–H and O–H groups in total. The topological polar surface area (TPSA) is 21.3 Å². The van der Waals surface area contributed by atoms with Crippen molar-refractivity contribution < 1.29 is 4.74 Å². The van der Waals surface area contributed by atoms with Gasteiger partial charge in [-0.3, -0.25) is 0 Å².